The van der Waals surface area contributed by atoms with Crippen molar-refractivity contribution >= 4 is 17.5 Å². The van der Waals surface area contributed by atoms with Gasteiger partial charge in [-0.2, -0.15) is 0 Å². The monoisotopic (exact) mass is 396 g/mol. The molecule has 0 radical (unpaired) electrons. The first-order valence-corrected chi connectivity index (χ1v) is 10.0. The molecular weight excluding hydrogens is 368 g/mol. The van der Waals surface area contributed by atoms with E-state index < -0.39 is 0 Å². The molecular formula is C23H28N2O4. The number of methoxy groups -OCH3 is 1. The Bertz CT molecular complexity index is 831. The molecule has 1 aliphatic rings. The Hall–Kier alpha value is -3.02. The number of para-hydroxylation sites is 2. The number of hydrogen-bond donors (Lipinski definition) is 1. The van der Waals surface area contributed by atoms with E-state index in [0.717, 1.165) is 24.9 Å². The van der Waals surface area contributed by atoms with Crippen LogP contribution in [0.25, 0.3) is 0 Å². The third-order valence-corrected chi connectivity index (χ3v) is 4.95. The molecule has 2 aromatic rings. The highest BCUT2D eigenvalue weighted by Crippen LogP contribution is 2.28. The summed E-state index contributed by atoms with van der Waals surface area (Å²) in [5.74, 6) is 0.913. The number of amides is 2. The number of anilines is 1. The molecule has 6 nitrogen and oxygen atoms in total. The minimum atomic E-state index is -0.112. The molecule has 0 saturated heterocycles. The summed E-state index contributed by atoms with van der Waals surface area (Å²) in [6, 6.07) is 15.3. The summed E-state index contributed by atoms with van der Waals surface area (Å²) < 4.78 is 10.9. The molecule has 3 rings (SSSR count). The van der Waals surface area contributed by atoms with Gasteiger partial charge in [-0.15, -0.1) is 0 Å². The third kappa shape index (κ3) is 5.98. The van der Waals surface area contributed by atoms with E-state index >= 15 is 0 Å². The number of carbonyl (C=O) groups excluding carboxylic acids is 2. The maximum atomic E-state index is 12.7. The topological polar surface area (TPSA) is 67.9 Å². The van der Waals surface area contributed by atoms with Gasteiger partial charge in [0.2, 0.25) is 5.91 Å². The number of ether oxygens (including phenoxy) is 2. The Kier molecular flexibility index (Phi) is 7.11. The summed E-state index contributed by atoms with van der Waals surface area (Å²) in [6.07, 6.45) is 3.16. The Morgan fingerprint density at radius 2 is 1.76 bits per heavy atom. The van der Waals surface area contributed by atoms with Crippen LogP contribution in [0.2, 0.25) is 0 Å². The van der Waals surface area contributed by atoms with Gasteiger partial charge in [0.1, 0.15) is 0 Å². The summed E-state index contributed by atoms with van der Waals surface area (Å²) in [7, 11) is 1.56. The maximum Gasteiger partial charge on any atom is 0.260 e. The molecule has 1 N–H and O–H groups in total. The molecule has 2 amide bonds. The smallest absolute Gasteiger partial charge is 0.260 e. The largest absolute Gasteiger partial charge is 0.493 e. The van der Waals surface area contributed by atoms with Gasteiger partial charge in [-0.25, -0.2) is 0 Å². The molecule has 0 aromatic heterocycles. The fourth-order valence-electron chi connectivity index (χ4n) is 3.13. The van der Waals surface area contributed by atoms with E-state index in [9.17, 15) is 9.59 Å². The number of carbonyl (C=O) groups is 2. The Morgan fingerprint density at radius 3 is 2.38 bits per heavy atom. The molecule has 2 aromatic carbocycles. The van der Waals surface area contributed by atoms with Crippen molar-refractivity contribution in [3.05, 3.63) is 54.1 Å². The van der Waals surface area contributed by atoms with Crippen LogP contribution < -0.4 is 14.8 Å². The van der Waals surface area contributed by atoms with Crippen LogP contribution >= 0.6 is 0 Å². The van der Waals surface area contributed by atoms with Gasteiger partial charge >= 0.3 is 0 Å². The van der Waals surface area contributed by atoms with Crippen molar-refractivity contribution in [3.8, 4) is 11.5 Å². The van der Waals surface area contributed by atoms with Crippen molar-refractivity contribution in [1.82, 2.24) is 4.90 Å². The lowest BCUT2D eigenvalue weighted by Crippen LogP contribution is -2.38. The second-order valence-electron chi connectivity index (χ2n) is 7.11. The van der Waals surface area contributed by atoms with Gasteiger partial charge in [-0.05, 0) is 49.1 Å². The van der Waals surface area contributed by atoms with Crippen molar-refractivity contribution in [2.45, 2.75) is 38.6 Å². The maximum absolute atomic E-state index is 12.7. The predicted molar refractivity (Wildman–Crippen MR) is 112 cm³/mol. The second kappa shape index (κ2) is 9.96. The number of benzene rings is 2. The quantitative estimate of drug-likeness (QED) is 0.666. The van der Waals surface area contributed by atoms with E-state index in [4.69, 9.17) is 9.47 Å². The van der Waals surface area contributed by atoms with Crippen molar-refractivity contribution in [2.75, 3.05) is 25.6 Å². The Balaban J connectivity index is 1.50. The number of nitrogens with zero attached hydrogens (tertiary/aromatic N) is 1. The van der Waals surface area contributed by atoms with Crippen LogP contribution in [0.3, 0.4) is 0 Å². The lowest BCUT2D eigenvalue weighted by Gasteiger charge is -2.22. The molecule has 1 saturated carbocycles. The van der Waals surface area contributed by atoms with Gasteiger partial charge in [0.15, 0.2) is 18.1 Å². The minimum absolute atomic E-state index is 0.0724. The van der Waals surface area contributed by atoms with Gasteiger partial charge in [0.05, 0.1) is 7.11 Å². The second-order valence-corrected chi connectivity index (χ2v) is 7.11. The highest BCUT2D eigenvalue weighted by atomic mass is 16.5. The van der Waals surface area contributed by atoms with Gasteiger partial charge in [0, 0.05) is 24.7 Å². The van der Waals surface area contributed by atoms with E-state index in [1.54, 1.807) is 24.1 Å². The fourth-order valence-corrected chi connectivity index (χ4v) is 3.13. The van der Waals surface area contributed by atoms with Crippen LogP contribution in [0, 0.1) is 0 Å². The summed E-state index contributed by atoms with van der Waals surface area (Å²) in [5, 5.41) is 2.90. The van der Waals surface area contributed by atoms with Crippen molar-refractivity contribution in [1.29, 1.82) is 0 Å². The summed E-state index contributed by atoms with van der Waals surface area (Å²) in [5.41, 5.74) is 2.00. The lowest BCUT2D eigenvalue weighted by molar-refractivity contribution is -0.134. The molecule has 154 valence electrons. The van der Waals surface area contributed by atoms with Gasteiger partial charge in [-0.1, -0.05) is 31.2 Å². The Morgan fingerprint density at radius 1 is 1.07 bits per heavy atom. The molecule has 0 bridgehead atoms. The average Bonchev–Trinajstić information content (AvgIpc) is 3.58. The highest BCUT2D eigenvalue weighted by molar-refractivity contribution is 5.91. The van der Waals surface area contributed by atoms with Crippen molar-refractivity contribution < 1.29 is 19.1 Å². The van der Waals surface area contributed by atoms with E-state index in [0.29, 0.717) is 18.0 Å². The van der Waals surface area contributed by atoms with E-state index in [1.165, 1.54) is 5.56 Å². The van der Waals surface area contributed by atoms with Crippen LogP contribution in [0.1, 0.15) is 31.7 Å². The van der Waals surface area contributed by atoms with Gasteiger partial charge < -0.3 is 19.7 Å². The minimum Gasteiger partial charge on any atom is -0.493 e. The van der Waals surface area contributed by atoms with E-state index in [-0.39, 0.29) is 30.9 Å². The van der Waals surface area contributed by atoms with Crippen LogP contribution in [-0.4, -0.2) is 43.0 Å². The number of hydrogen-bond acceptors (Lipinski definition) is 4. The van der Waals surface area contributed by atoms with Gasteiger partial charge in [0.25, 0.3) is 5.91 Å². The normalized spacial score (nSPS) is 12.9. The Labute approximate surface area is 171 Å². The summed E-state index contributed by atoms with van der Waals surface area (Å²) in [6.45, 7) is 2.41. The average molecular weight is 396 g/mol. The van der Waals surface area contributed by atoms with Crippen LogP contribution in [0.4, 0.5) is 5.69 Å². The number of rotatable bonds is 10. The molecule has 0 aliphatic heterocycles. The van der Waals surface area contributed by atoms with Crippen LogP contribution in [0.15, 0.2) is 48.5 Å². The molecule has 1 fully saturated rings. The van der Waals surface area contributed by atoms with Gasteiger partial charge in [-0.3, -0.25) is 9.59 Å². The predicted octanol–water partition coefficient (Wildman–Crippen LogP) is 3.66. The first-order valence-electron chi connectivity index (χ1n) is 10.0. The van der Waals surface area contributed by atoms with Crippen molar-refractivity contribution in [2.24, 2.45) is 0 Å². The van der Waals surface area contributed by atoms with Crippen molar-refractivity contribution in [3.63, 3.8) is 0 Å². The van der Waals surface area contributed by atoms with E-state index in [1.807, 2.05) is 36.4 Å². The zero-order valence-electron chi connectivity index (χ0n) is 17.0. The fraction of sp³-hybridized carbons (Fsp3) is 0.391. The molecule has 1 aliphatic carbocycles. The molecule has 29 heavy (non-hydrogen) atoms. The number of aryl methyl sites for hydroxylation is 1. The molecule has 6 heteroatoms. The van der Waals surface area contributed by atoms with Crippen LogP contribution in [-0.2, 0) is 16.0 Å². The standard InChI is InChI=1S/C23H28N2O4/c1-3-17-8-10-18(11-9-17)24-22(26)14-15-25(19-12-13-19)23(27)16-29-21-7-5-4-6-20(21)28-2/h4-11,19H,3,12-16H2,1-2H3,(H,24,26). The summed E-state index contributed by atoms with van der Waals surface area (Å²) >= 11 is 0. The first kappa shape index (κ1) is 20.7. The van der Waals surface area contributed by atoms with Crippen LogP contribution in [0.5, 0.6) is 11.5 Å². The highest BCUT2D eigenvalue weighted by Gasteiger charge is 2.32. The molecule has 0 spiro atoms. The van der Waals surface area contributed by atoms with E-state index in [2.05, 4.69) is 12.2 Å². The molecule has 0 atom stereocenters. The first-order chi connectivity index (χ1) is 14.1. The zero-order chi connectivity index (χ0) is 20.6. The lowest BCUT2D eigenvalue weighted by atomic mass is 10.1. The molecule has 0 heterocycles. The third-order valence-electron chi connectivity index (χ3n) is 4.95. The summed E-state index contributed by atoms with van der Waals surface area (Å²) in [4.78, 5) is 26.7. The SMILES string of the molecule is CCc1ccc(NC(=O)CCN(C(=O)COc2ccccc2OC)C2CC2)cc1. The molecule has 0 unspecified atom stereocenters. The zero-order valence-corrected chi connectivity index (χ0v) is 17.0. The number of nitrogens with one attached hydrogen (secondary N) is 1.